The quantitative estimate of drug-likeness (QED) is 0.153. The molecule has 1 fully saturated rings. The number of H-pyrrole nitrogens is 1. The summed E-state index contributed by atoms with van der Waals surface area (Å²) in [6, 6.07) is 28.2. The van der Waals surface area contributed by atoms with Crippen LogP contribution in [0.4, 0.5) is 4.79 Å². The van der Waals surface area contributed by atoms with E-state index in [1.165, 1.54) is 4.90 Å². The van der Waals surface area contributed by atoms with E-state index in [2.05, 4.69) is 34.1 Å². The van der Waals surface area contributed by atoms with Gasteiger partial charge in [-0.15, -0.1) is 0 Å². The normalized spacial score (nSPS) is 15.1. The zero-order chi connectivity index (χ0) is 38.0. The van der Waals surface area contributed by atoms with Crippen molar-refractivity contribution in [2.75, 3.05) is 46.4 Å². The maximum Gasteiger partial charge on any atom is 0.417 e. The van der Waals surface area contributed by atoms with E-state index in [0.29, 0.717) is 55.8 Å². The third-order valence-electron chi connectivity index (χ3n) is 10.2. The number of ketones is 1. The van der Waals surface area contributed by atoms with E-state index in [1.54, 1.807) is 30.1 Å². The Balaban J connectivity index is 1.01. The molecule has 0 bridgehead atoms. The smallest absolute Gasteiger partial charge is 0.417 e. The van der Waals surface area contributed by atoms with Crippen LogP contribution in [0.5, 0.6) is 5.75 Å². The molecule has 0 spiro atoms. The van der Waals surface area contributed by atoms with Crippen molar-refractivity contribution < 1.29 is 28.3 Å². The Kier molecular flexibility index (Phi) is 10.4. The molecule has 11 heteroatoms. The first kappa shape index (κ1) is 36.7. The minimum absolute atomic E-state index is 0.0528. The first-order valence-electron chi connectivity index (χ1n) is 18.5. The fourth-order valence-corrected chi connectivity index (χ4v) is 7.41. The Morgan fingerprint density at radius 2 is 1.54 bits per heavy atom. The molecule has 5 aromatic rings. The topological polar surface area (TPSA) is 125 Å². The number of aromatic amines is 1. The monoisotopic (exact) mass is 730 g/mol. The SMILES string of the molecule is CN(C(=O)OCC1c2ccccc2-c2ccccc21)[C@@H](Cc1ccc(OC(C)(C)C)cc1)C(=O)N1CCN(CCC(=O)c2ccc3[nH]c(=O)oc3c2)CC1. The van der Waals surface area contributed by atoms with Crippen LogP contribution < -0.4 is 10.5 Å². The van der Waals surface area contributed by atoms with Gasteiger partial charge in [0.1, 0.15) is 24.0 Å². The minimum Gasteiger partial charge on any atom is -0.488 e. The summed E-state index contributed by atoms with van der Waals surface area (Å²) >= 11 is 0. The Hall–Kier alpha value is -5.68. The second-order valence-corrected chi connectivity index (χ2v) is 15.1. The lowest BCUT2D eigenvalue weighted by atomic mass is 9.98. The highest BCUT2D eigenvalue weighted by Gasteiger charge is 2.35. The van der Waals surface area contributed by atoms with E-state index < -0.39 is 17.9 Å². The number of fused-ring (bicyclic) bond motifs is 4. The van der Waals surface area contributed by atoms with Gasteiger partial charge < -0.3 is 18.8 Å². The van der Waals surface area contributed by atoms with Crippen LogP contribution in [0.25, 0.3) is 22.2 Å². The fourth-order valence-electron chi connectivity index (χ4n) is 7.41. The Labute approximate surface area is 314 Å². The van der Waals surface area contributed by atoms with Gasteiger partial charge in [0.2, 0.25) is 5.91 Å². The molecular weight excluding hydrogens is 684 g/mol. The van der Waals surface area contributed by atoms with Crippen LogP contribution in [-0.4, -0.2) is 95.5 Å². The molecule has 1 aliphatic heterocycles. The first-order chi connectivity index (χ1) is 25.9. The van der Waals surface area contributed by atoms with Crippen LogP contribution >= 0.6 is 0 Å². The number of carbonyl (C=O) groups is 3. The highest BCUT2D eigenvalue weighted by Crippen LogP contribution is 2.44. The fraction of sp³-hybridized carbons (Fsp3) is 0.349. The van der Waals surface area contributed by atoms with Crippen LogP contribution in [0.15, 0.2) is 100 Å². The van der Waals surface area contributed by atoms with E-state index in [-0.39, 0.29) is 36.2 Å². The molecule has 11 nitrogen and oxygen atoms in total. The van der Waals surface area contributed by atoms with Crippen LogP contribution in [0.2, 0.25) is 0 Å². The highest BCUT2D eigenvalue weighted by atomic mass is 16.6. The molecule has 1 N–H and O–H groups in total. The number of amides is 2. The van der Waals surface area contributed by atoms with Crippen molar-refractivity contribution in [3.8, 4) is 16.9 Å². The number of aromatic nitrogens is 1. The second kappa shape index (κ2) is 15.4. The molecule has 2 heterocycles. The number of Topliss-reactive ketones (excluding diaryl/α,β-unsaturated/α-hetero) is 1. The molecule has 280 valence electrons. The van der Waals surface area contributed by atoms with Crippen LogP contribution in [0.3, 0.4) is 0 Å². The zero-order valence-corrected chi connectivity index (χ0v) is 31.2. The lowest BCUT2D eigenvalue weighted by Gasteiger charge is -2.38. The number of nitrogens with one attached hydrogen (secondary N) is 1. The number of carbonyl (C=O) groups excluding carboxylic acids is 3. The summed E-state index contributed by atoms with van der Waals surface area (Å²) in [5.41, 5.74) is 6.45. The predicted molar refractivity (Wildman–Crippen MR) is 206 cm³/mol. The average Bonchev–Trinajstić information content (AvgIpc) is 3.70. The number of rotatable bonds is 11. The number of likely N-dealkylation sites (N-methyl/N-ethyl adjacent to an activating group) is 1. The molecule has 0 saturated carbocycles. The molecular formula is C43H46N4O7. The lowest BCUT2D eigenvalue weighted by molar-refractivity contribution is -0.137. The van der Waals surface area contributed by atoms with E-state index in [1.807, 2.05) is 69.3 Å². The second-order valence-electron chi connectivity index (χ2n) is 15.1. The van der Waals surface area contributed by atoms with Gasteiger partial charge >= 0.3 is 11.8 Å². The molecule has 0 radical (unpaired) electrons. The standard InChI is InChI=1S/C43H46N4O7/c1-43(2,3)54-30-16-13-28(14-17-30)25-37(45(4)42(51)52-27-35-33-11-7-5-9-31(33)32-10-6-8-12-34(32)35)40(49)47-23-21-46(22-24-47)20-19-38(48)29-15-18-36-39(26-29)53-41(50)44-36/h5-18,26,35,37H,19-25,27H2,1-4H3,(H,44,50)/t37-/m0/s1. The van der Waals surface area contributed by atoms with Gasteiger partial charge in [-0.1, -0.05) is 60.7 Å². The lowest BCUT2D eigenvalue weighted by Crippen LogP contribution is -2.56. The summed E-state index contributed by atoms with van der Waals surface area (Å²) in [4.78, 5) is 60.6. The maximum atomic E-state index is 14.3. The zero-order valence-electron chi connectivity index (χ0n) is 31.2. The summed E-state index contributed by atoms with van der Waals surface area (Å²) < 4.78 is 17.1. The molecule has 4 aromatic carbocycles. The Morgan fingerprint density at radius 1 is 0.889 bits per heavy atom. The number of hydrogen-bond acceptors (Lipinski definition) is 8. The largest absolute Gasteiger partial charge is 0.488 e. The summed E-state index contributed by atoms with van der Waals surface area (Å²) in [5, 5.41) is 0. The van der Waals surface area contributed by atoms with Gasteiger partial charge in [0, 0.05) is 64.1 Å². The van der Waals surface area contributed by atoms with Gasteiger partial charge in [-0.3, -0.25) is 24.4 Å². The Bertz CT molecular complexity index is 2160. The van der Waals surface area contributed by atoms with Gasteiger partial charge in [0.15, 0.2) is 11.4 Å². The van der Waals surface area contributed by atoms with Gasteiger partial charge in [0.25, 0.3) is 0 Å². The van der Waals surface area contributed by atoms with Crippen molar-refractivity contribution in [3.63, 3.8) is 0 Å². The average molecular weight is 731 g/mol. The third kappa shape index (κ3) is 8.11. The van der Waals surface area contributed by atoms with Crippen LogP contribution in [0.1, 0.15) is 60.2 Å². The third-order valence-corrected chi connectivity index (χ3v) is 10.2. The molecule has 2 amide bonds. The van der Waals surface area contributed by atoms with Gasteiger partial charge in [-0.25, -0.2) is 9.59 Å². The highest BCUT2D eigenvalue weighted by molar-refractivity contribution is 5.98. The summed E-state index contributed by atoms with van der Waals surface area (Å²) in [6.45, 7) is 8.74. The van der Waals surface area contributed by atoms with Gasteiger partial charge in [-0.2, -0.15) is 0 Å². The van der Waals surface area contributed by atoms with E-state index in [4.69, 9.17) is 13.9 Å². The number of ether oxygens (including phenoxy) is 2. The van der Waals surface area contributed by atoms with Gasteiger partial charge in [-0.05, 0) is 78.9 Å². The first-order valence-corrected chi connectivity index (χ1v) is 18.5. The van der Waals surface area contributed by atoms with Crippen molar-refractivity contribution in [1.82, 2.24) is 19.7 Å². The molecule has 1 aliphatic carbocycles. The number of nitrogens with zero attached hydrogens (tertiary/aromatic N) is 3. The van der Waals surface area contributed by atoms with Crippen LogP contribution in [0, 0.1) is 0 Å². The van der Waals surface area contributed by atoms with Crippen LogP contribution in [-0.2, 0) is 16.0 Å². The summed E-state index contributed by atoms with van der Waals surface area (Å²) in [5.74, 6) is -0.139. The minimum atomic E-state index is -0.799. The summed E-state index contributed by atoms with van der Waals surface area (Å²) in [6.07, 6.45) is 0.0309. The number of hydrogen-bond donors (Lipinski definition) is 1. The van der Waals surface area contributed by atoms with Crippen molar-refractivity contribution >= 4 is 28.9 Å². The molecule has 0 unspecified atom stereocenters. The summed E-state index contributed by atoms with van der Waals surface area (Å²) in [7, 11) is 1.64. The predicted octanol–water partition coefficient (Wildman–Crippen LogP) is 6.51. The molecule has 2 aliphatic rings. The van der Waals surface area contributed by atoms with Crippen molar-refractivity contribution in [2.45, 2.75) is 51.2 Å². The van der Waals surface area contributed by atoms with E-state index in [9.17, 15) is 19.2 Å². The van der Waals surface area contributed by atoms with Gasteiger partial charge in [0.05, 0.1) is 5.52 Å². The van der Waals surface area contributed by atoms with Crippen molar-refractivity contribution in [3.05, 3.63) is 124 Å². The molecule has 54 heavy (non-hydrogen) atoms. The number of benzene rings is 4. The number of oxazole rings is 1. The molecule has 1 saturated heterocycles. The molecule has 1 atom stereocenters. The number of piperazine rings is 1. The van der Waals surface area contributed by atoms with E-state index >= 15 is 0 Å². The Morgan fingerprint density at radius 3 is 2.19 bits per heavy atom. The maximum absolute atomic E-state index is 14.3. The van der Waals surface area contributed by atoms with Crippen molar-refractivity contribution in [2.24, 2.45) is 0 Å². The van der Waals surface area contributed by atoms with Crippen molar-refractivity contribution in [1.29, 1.82) is 0 Å². The molecule has 7 rings (SSSR count). The molecule has 1 aromatic heterocycles. The van der Waals surface area contributed by atoms with E-state index in [0.717, 1.165) is 33.6 Å².